The smallest absolute Gasteiger partial charge is 0.219 e. The minimum absolute atomic E-state index is 0. The Hall–Kier alpha value is -0.570. The fourth-order valence-electron chi connectivity index (χ4n) is 3.75. The maximum absolute atomic E-state index is 11.1. The van der Waals surface area contributed by atoms with Gasteiger partial charge in [-0.05, 0) is 61.4 Å². The molecule has 0 radical (unpaired) electrons. The molecule has 2 aliphatic heterocycles. The van der Waals surface area contributed by atoms with Crippen LogP contribution in [0.15, 0.2) is 0 Å². The second kappa shape index (κ2) is 9.79. The molecule has 0 aliphatic carbocycles. The van der Waals surface area contributed by atoms with Crippen molar-refractivity contribution in [1.82, 2.24) is 10.2 Å². The van der Waals surface area contributed by atoms with Crippen molar-refractivity contribution < 1.29 is 4.79 Å². The first-order valence-corrected chi connectivity index (χ1v) is 9.48. The molecule has 1 N–H and O–H groups in total. The number of likely N-dealkylation sites (tertiary alicyclic amines) is 1. The molecule has 3 heteroatoms. The molecule has 3 nitrogen and oxygen atoms in total. The Labute approximate surface area is 152 Å². The van der Waals surface area contributed by atoms with Gasteiger partial charge >= 0.3 is 0 Å². The standard InChI is InChI=1S/C11H21NO.C9H19N.CH4/c1-9(13)12-7-5-10(6-8-12)11(2,3)4;1-9(2,3)8-4-6-10-7-5-8;/h10H,5-8H2,1-4H3;8,10H,4-7H2,1-3H3;1H4. The van der Waals surface area contributed by atoms with Crippen LogP contribution < -0.4 is 5.32 Å². The van der Waals surface area contributed by atoms with Crippen LogP contribution in [0, 0.1) is 22.7 Å². The number of nitrogens with zero attached hydrogens (tertiary/aromatic N) is 1. The molecule has 2 rings (SSSR count). The average Bonchev–Trinajstić information content (AvgIpc) is 2.47. The monoisotopic (exact) mass is 340 g/mol. The molecule has 0 bridgehead atoms. The number of rotatable bonds is 0. The van der Waals surface area contributed by atoms with E-state index in [0.29, 0.717) is 10.8 Å². The zero-order valence-electron chi connectivity index (χ0n) is 16.7. The Balaban J connectivity index is 0.000000436. The highest BCUT2D eigenvalue weighted by atomic mass is 16.2. The molecule has 1 amide bonds. The highest BCUT2D eigenvalue weighted by Crippen LogP contribution is 2.34. The molecular formula is C21H44N2O. The first-order valence-electron chi connectivity index (χ1n) is 9.48. The average molecular weight is 341 g/mol. The van der Waals surface area contributed by atoms with E-state index in [1.807, 2.05) is 4.90 Å². The van der Waals surface area contributed by atoms with E-state index in [2.05, 4.69) is 46.9 Å². The third-order valence-corrected chi connectivity index (χ3v) is 5.73. The first-order chi connectivity index (χ1) is 10.5. The summed E-state index contributed by atoms with van der Waals surface area (Å²) in [6.45, 7) is 20.0. The summed E-state index contributed by atoms with van der Waals surface area (Å²) >= 11 is 0. The second-order valence-electron chi connectivity index (χ2n) is 9.54. The van der Waals surface area contributed by atoms with Gasteiger partial charge < -0.3 is 10.2 Å². The summed E-state index contributed by atoms with van der Waals surface area (Å²) in [5.41, 5.74) is 0.935. The number of amides is 1. The second-order valence-corrected chi connectivity index (χ2v) is 9.54. The Morgan fingerprint density at radius 3 is 1.50 bits per heavy atom. The molecule has 0 atom stereocenters. The SMILES string of the molecule is C.CC(=O)N1CCC(C(C)(C)C)CC1.CC(C)(C)C1CCNCC1. The van der Waals surface area contributed by atoms with Gasteiger partial charge in [0.1, 0.15) is 0 Å². The summed E-state index contributed by atoms with van der Waals surface area (Å²) in [5, 5.41) is 3.39. The molecular weight excluding hydrogens is 296 g/mol. The fraction of sp³-hybridized carbons (Fsp3) is 0.952. The van der Waals surface area contributed by atoms with E-state index in [-0.39, 0.29) is 13.3 Å². The molecule has 0 saturated carbocycles. The van der Waals surface area contributed by atoms with Gasteiger partial charge in [-0.3, -0.25) is 4.79 Å². The molecule has 2 heterocycles. The van der Waals surface area contributed by atoms with Gasteiger partial charge in [0.15, 0.2) is 0 Å². The van der Waals surface area contributed by atoms with Crippen LogP contribution in [0.5, 0.6) is 0 Å². The van der Waals surface area contributed by atoms with E-state index >= 15 is 0 Å². The van der Waals surface area contributed by atoms with E-state index in [4.69, 9.17) is 0 Å². The summed E-state index contributed by atoms with van der Waals surface area (Å²) in [5.74, 6) is 1.95. The number of hydrogen-bond donors (Lipinski definition) is 1. The van der Waals surface area contributed by atoms with E-state index in [9.17, 15) is 4.79 Å². The van der Waals surface area contributed by atoms with Crippen molar-refractivity contribution in [3.63, 3.8) is 0 Å². The molecule has 2 aliphatic rings. The van der Waals surface area contributed by atoms with Gasteiger partial charge in [0.25, 0.3) is 0 Å². The highest BCUT2D eigenvalue weighted by Gasteiger charge is 2.29. The van der Waals surface area contributed by atoms with Crippen LogP contribution in [-0.4, -0.2) is 37.0 Å². The number of piperidine rings is 2. The molecule has 0 aromatic carbocycles. The van der Waals surface area contributed by atoms with E-state index in [1.165, 1.54) is 38.8 Å². The van der Waals surface area contributed by atoms with Crippen molar-refractivity contribution in [3.8, 4) is 0 Å². The van der Waals surface area contributed by atoms with Crippen LogP contribution in [0.4, 0.5) is 0 Å². The van der Waals surface area contributed by atoms with Gasteiger partial charge in [-0.1, -0.05) is 49.0 Å². The lowest BCUT2D eigenvalue weighted by atomic mass is 9.75. The molecule has 24 heavy (non-hydrogen) atoms. The van der Waals surface area contributed by atoms with Gasteiger partial charge in [-0.15, -0.1) is 0 Å². The molecule has 0 unspecified atom stereocenters. The molecule has 0 aromatic heterocycles. The third kappa shape index (κ3) is 8.00. The summed E-state index contributed by atoms with van der Waals surface area (Å²) in [6, 6.07) is 0. The largest absolute Gasteiger partial charge is 0.343 e. The zero-order chi connectivity index (χ0) is 17.7. The first kappa shape index (κ1) is 23.4. The predicted molar refractivity (Wildman–Crippen MR) is 106 cm³/mol. The zero-order valence-corrected chi connectivity index (χ0v) is 16.7. The summed E-state index contributed by atoms with van der Waals surface area (Å²) in [7, 11) is 0. The number of hydrogen-bond acceptors (Lipinski definition) is 2. The van der Waals surface area contributed by atoms with Crippen molar-refractivity contribution in [3.05, 3.63) is 0 Å². The van der Waals surface area contributed by atoms with Crippen molar-refractivity contribution in [1.29, 1.82) is 0 Å². The fourth-order valence-corrected chi connectivity index (χ4v) is 3.75. The highest BCUT2D eigenvalue weighted by molar-refractivity contribution is 5.73. The van der Waals surface area contributed by atoms with E-state index in [1.54, 1.807) is 6.92 Å². The van der Waals surface area contributed by atoms with Gasteiger partial charge in [0.2, 0.25) is 5.91 Å². The van der Waals surface area contributed by atoms with Gasteiger partial charge in [0, 0.05) is 20.0 Å². The maximum atomic E-state index is 11.1. The minimum Gasteiger partial charge on any atom is -0.343 e. The Morgan fingerprint density at radius 1 is 0.833 bits per heavy atom. The quantitative estimate of drug-likeness (QED) is 0.676. The van der Waals surface area contributed by atoms with Crippen LogP contribution >= 0.6 is 0 Å². The van der Waals surface area contributed by atoms with Gasteiger partial charge in [-0.2, -0.15) is 0 Å². The van der Waals surface area contributed by atoms with Gasteiger partial charge in [-0.25, -0.2) is 0 Å². The van der Waals surface area contributed by atoms with E-state index in [0.717, 1.165) is 24.9 Å². The normalized spacial score (nSPS) is 20.7. The maximum Gasteiger partial charge on any atom is 0.219 e. The number of carbonyl (C=O) groups is 1. The summed E-state index contributed by atoms with van der Waals surface area (Å²) < 4.78 is 0. The predicted octanol–water partition coefficient (Wildman–Crippen LogP) is 4.96. The van der Waals surface area contributed by atoms with Crippen molar-refractivity contribution in [2.45, 2.75) is 81.6 Å². The van der Waals surface area contributed by atoms with Crippen LogP contribution in [0.2, 0.25) is 0 Å². The van der Waals surface area contributed by atoms with Crippen LogP contribution in [0.1, 0.15) is 81.6 Å². The molecule has 144 valence electrons. The van der Waals surface area contributed by atoms with Crippen molar-refractivity contribution in [2.24, 2.45) is 22.7 Å². The van der Waals surface area contributed by atoms with Crippen LogP contribution in [0.25, 0.3) is 0 Å². The van der Waals surface area contributed by atoms with Crippen molar-refractivity contribution in [2.75, 3.05) is 26.2 Å². The van der Waals surface area contributed by atoms with Gasteiger partial charge in [0.05, 0.1) is 0 Å². The lowest BCUT2D eigenvalue weighted by molar-refractivity contribution is -0.130. The molecule has 0 aromatic rings. The number of nitrogens with one attached hydrogen (secondary N) is 1. The van der Waals surface area contributed by atoms with Crippen LogP contribution in [-0.2, 0) is 4.79 Å². The minimum atomic E-state index is 0. The third-order valence-electron chi connectivity index (χ3n) is 5.73. The molecule has 2 fully saturated rings. The van der Waals surface area contributed by atoms with Crippen molar-refractivity contribution >= 4 is 5.91 Å². The summed E-state index contributed by atoms with van der Waals surface area (Å²) in [6.07, 6.45) is 5.07. The Morgan fingerprint density at radius 2 is 1.21 bits per heavy atom. The summed E-state index contributed by atoms with van der Waals surface area (Å²) in [4.78, 5) is 13.0. The number of carbonyl (C=O) groups excluding carboxylic acids is 1. The topological polar surface area (TPSA) is 32.3 Å². The Kier molecular flexibility index (Phi) is 9.56. The van der Waals surface area contributed by atoms with Crippen LogP contribution in [0.3, 0.4) is 0 Å². The molecule has 2 saturated heterocycles. The lowest BCUT2D eigenvalue weighted by Crippen LogP contribution is -2.40. The molecule has 0 spiro atoms. The lowest BCUT2D eigenvalue weighted by Gasteiger charge is -2.38. The Bertz CT molecular complexity index is 351. The van der Waals surface area contributed by atoms with E-state index < -0.39 is 0 Å².